The van der Waals surface area contributed by atoms with Gasteiger partial charge in [-0.2, -0.15) is 0 Å². The van der Waals surface area contributed by atoms with Gasteiger partial charge in [0.1, 0.15) is 0 Å². The molecule has 1 aromatic rings. The van der Waals surface area contributed by atoms with Crippen molar-refractivity contribution in [1.29, 1.82) is 0 Å². The average molecular weight is 363 g/mol. The highest BCUT2D eigenvalue weighted by molar-refractivity contribution is 5.81. The van der Waals surface area contributed by atoms with Crippen molar-refractivity contribution in [1.82, 2.24) is 15.5 Å². The molecule has 1 aromatic carbocycles. The molecule has 6 nitrogen and oxygen atoms in total. The fraction of sp³-hybridized carbons (Fsp3) is 0.600. The second-order valence-corrected chi connectivity index (χ2v) is 5.89. The summed E-state index contributed by atoms with van der Waals surface area (Å²) < 4.78 is 5.41. The molecular weight excluding hydrogens is 328 g/mol. The molecule has 0 aromatic heterocycles. The predicted molar refractivity (Wildman–Crippen MR) is 107 cm³/mol. The minimum absolute atomic E-state index is 0.170. The molecule has 0 aliphatic carbocycles. The molecule has 0 spiro atoms. The van der Waals surface area contributed by atoms with Gasteiger partial charge in [-0.05, 0) is 38.8 Å². The maximum atomic E-state index is 12.0. The Morgan fingerprint density at radius 2 is 1.69 bits per heavy atom. The highest BCUT2D eigenvalue weighted by atomic mass is 16.5. The summed E-state index contributed by atoms with van der Waals surface area (Å²) in [6.45, 7) is 12.8. The van der Waals surface area contributed by atoms with Crippen LogP contribution in [-0.4, -0.2) is 49.6 Å². The molecule has 26 heavy (non-hydrogen) atoms. The van der Waals surface area contributed by atoms with E-state index in [1.54, 1.807) is 0 Å². The van der Waals surface area contributed by atoms with Gasteiger partial charge in [-0.1, -0.05) is 24.3 Å². The molecule has 0 heterocycles. The van der Waals surface area contributed by atoms with Gasteiger partial charge in [0.2, 0.25) is 5.91 Å². The van der Waals surface area contributed by atoms with E-state index in [2.05, 4.69) is 39.9 Å². The quantitative estimate of drug-likeness (QED) is 0.469. The number of hydrogen-bond donors (Lipinski definition) is 2. The van der Waals surface area contributed by atoms with Crippen LogP contribution in [0.25, 0.3) is 0 Å². The third-order valence-corrected chi connectivity index (χ3v) is 4.01. The first-order chi connectivity index (χ1) is 12.6. The Hall–Kier alpha value is -2.08. The van der Waals surface area contributed by atoms with Crippen molar-refractivity contribution < 1.29 is 9.53 Å². The Morgan fingerprint density at radius 1 is 1.04 bits per heavy atom. The van der Waals surface area contributed by atoms with E-state index in [0.717, 1.165) is 37.8 Å². The third-order valence-electron chi connectivity index (χ3n) is 4.01. The third kappa shape index (κ3) is 8.34. The molecule has 0 fully saturated rings. The summed E-state index contributed by atoms with van der Waals surface area (Å²) in [5, 5.41) is 6.45. The zero-order valence-electron chi connectivity index (χ0n) is 16.7. The molecule has 0 saturated carbocycles. The van der Waals surface area contributed by atoms with Crippen molar-refractivity contribution in [3.05, 3.63) is 35.4 Å². The maximum absolute atomic E-state index is 12.0. The predicted octanol–water partition coefficient (Wildman–Crippen LogP) is 2.54. The average Bonchev–Trinajstić information content (AvgIpc) is 2.66. The van der Waals surface area contributed by atoms with Gasteiger partial charge in [0.05, 0.1) is 13.2 Å². The van der Waals surface area contributed by atoms with E-state index in [-0.39, 0.29) is 5.91 Å². The molecule has 0 radical (unpaired) electrons. The molecule has 0 aliphatic heterocycles. The maximum Gasteiger partial charge on any atom is 0.224 e. The number of carbonyl (C=O) groups is 1. The lowest BCUT2D eigenvalue weighted by molar-refractivity contribution is -0.130. The molecule has 1 amide bonds. The minimum atomic E-state index is 0.170. The molecule has 0 bridgehead atoms. The zero-order valence-corrected chi connectivity index (χ0v) is 16.7. The van der Waals surface area contributed by atoms with E-state index >= 15 is 0 Å². The van der Waals surface area contributed by atoms with E-state index in [1.165, 1.54) is 5.56 Å². The lowest BCUT2D eigenvalue weighted by atomic mass is 10.1. The lowest BCUT2D eigenvalue weighted by Crippen LogP contribution is -2.40. The fourth-order valence-corrected chi connectivity index (χ4v) is 2.50. The molecule has 2 N–H and O–H groups in total. The summed E-state index contributed by atoms with van der Waals surface area (Å²) >= 11 is 0. The number of aliphatic imine (C=N–C) groups is 1. The van der Waals surface area contributed by atoms with Crippen LogP contribution in [0.2, 0.25) is 0 Å². The standard InChI is InChI=1S/C20H34N4O2/c1-5-21-20(22-14-13-19(25)24(6-2)7-3)23-15-17-9-11-18(12-10-17)16-26-8-4/h9-12H,5-8,13-16H2,1-4H3,(H2,21,22,23). The number of hydrogen-bond acceptors (Lipinski definition) is 3. The fourth-order valence-electron chi connectivity index (χ4n) is 2.50. The van der Waals surface area contributed by atoms with E-state index in [0.29, 0.717) is 26.1 Å². The zero-order chi connectivity index (χ0) is 19.2. The molecular formula is C20H34N4O2. The number of ether oxygens (including phenoxy) is 1. The molecule has 6 heteroatoms. The topological polar surface area (TPSA) is 66.0 Å². The van der Waals surface area contributed by atoms with Gasteiger partial charge in [-0.3, -0.25) is 4.79 Å². The molecule has 0 aliphatic rings. The van der Waals surface area contributed by atoms with E-state index in [1.807, 2.05) is 32.6 Å². The van der Waals surface area contributed by atoms with Crippen LogP contribution < -0.4 is 10.6 Å². The van der Waals surface area contributed by atoms with E-state index in [9.17, 15) is 4.79 Å². The summed E-state index contributed by atoms with van der Waals surface area (Å²) in [7, 11) is 0. The van der Waals surface area contributed by atoms with Gasteiger partial charge >= 0.3 is 0 Å². The van der Waals surface area contributed by atoms with Crippen LogP contribution in [0.1, 0.15) is 45.2 Å². The molecule has 0 saturated heterocycles. The Morgan fingerprint density at radius 3 is 2.27 bits per heavy atom. The van der Waals surface area contributed by atoms with E-state index in [4.69, 9.17) is 4.74 Å². The number of guanidine groups is 1. The first-order valence-electron chi connectivity index (χ1n) is 9.59. The minimum Gasteiger partial charge on any atom is -0.377 e. The van der Waals surface area contributed by atoms with Gasteiger partial charge in [0, 0.05) is 39.2 Å². The molecule has 0 unspecified atom stereocenters. The van der Waals surface area contributed by atoms with Crippen LogP contribution in [0.5, 0.6) is 0 Å². The first kappa shape index (κ1) is 22.0. The van der Waals surface area contributed by atoms with Crippen molar-refractivity contribution in [3.63, 3.8) is 0 Å². The first-order valence-corrected chi connectivity index (χ1v) is 9.59. The van der Waals surface area contributed by atoms with Crippen molar-refractivity contribution in [2.45, 2.75) is 47.3 Å². The van der Waals surface area contributed by atoms with Crippen LogP contribution in [0, 0.1) is 0 Å². The number of nitrogens with zero attached hydrogens (tertiary/aromatic N) is 2. The summed E-state index contributed by atoms with van der Waals surface area (Å²) in [5.74, 6) is 0.904. The van der Waals surface area contributed by atoms with Gasteiger partial charge in [0.15, 0.2) is 5.96 Å². The number of benzene rings is 1. The molecule has 1 rings (SSSR count). The second-order valence-electron chi connectivity index (χ2n) is 5.89. The van der Waals surface area contributed by atoms with Crippen LogP contribution in [0.15, 0.2) is 29.3 Å². The Kier molecular flexibility index (Phi) is 11.1. The Labute approximate surface area is 158 Å². The van der Waals surface area contributed by atoms with Gasteiger partial charge in [0.25, 0.3) is 0 Å². The normalized spacial score (nSPS) is 11.3. The summed E-state index contributed by atoms with van der Waals surface area (Å²) in [6.07, 6.45) is 0.470. The van der Waals surface area contributed by atoms with Gasteiger partial charge in [-0.15, -0.1) is 0 Å². The number of carbonyl (C=O) groups excluding carboxylic acids is 1. The van der Waals surface area contributed by atoms with Crippen LogP contribution >= 0.6 is 0 Å². The summed E-state index contributed by atoms with van der Waals surface area (Å²) in [5.41, 5.74) is 2.31. The Bertz CT molecular complexity index is 539. The van der Waals surface area contributed by atoms with Crippen molar-refractivity contribution in [2.24, 2.45) is 4.99 Å². The largest absolute Gasteiger partial charge is 0.377 e. The highest BCUT2D eigenvalue weighted by Gasteiger charge is 2.09. The van der Waals surface area contributed by atoms with Gasteiger partial charge < -0.3 is 20.3 Å². The number of rotatable bonds is 11. The number of amides is 1. The lowest BCUT2D eigenvalue weighted by Gasteiger charge is -2.19. The van der Waals surface area contributed by atoms with E-state index < -0.39 is 0 Å². The summed E-state index contributed by atoms with van der Waals surface area (Å²) in [4.78, 5) is 18.5. The molecule has 0 atom stereocenters. The summed E-state index contributed by atoms with van der Waals surface area (Å²) in [6, 6.07) is 8.30. The van der Waals surface area contributed by atoms with Crippen LogP contribution in [0.4, 0.5) is 0 Å². The SMILES string of the molecule is CCNC(=NCc1ccc(COCC)cc1)NCCC(=O)N(CC)CC. The van der Waals surface area contributed by atoms with Crippen LogP contribution in [0.3, 0.4) is 0 Å². The highest BCUT2D eigenvalue weighted by Crippen LogP contribution is 2.07. The van der Waals surface area contributed by atoms with Crippen molar-refractivity contribution in [3.8, 4) is 0 Å². The second kappa shape index (κ2) is 13.2. The Balaban J connectivity index is 2.51. The molecule has 146 valence electrons. The van der Waals surface area contributed by atoms with Crippen molar-refractivity contribution in [2.75, 3.05) is 32.8 Å². The van der Waals surface area contributed by atoms with Crippen molar-refractivity contribution >= 4 is 11.9 Å². The monoisotopic (exact) mass is 362 g/mol. The van der Waals surface area contributed by atoms with Gasteiger partial charge in [-0.25, -0.2) is 4.99 Å². The smallest absolute Gasteiger partial charge is 0.224 e. The number of nitrogens with one attached hydrogen (secondary N) is 2. The van der Waals surface area contributed by atoms with Crippen LogP contribution in [-0.2, 0) is 22.7 Å².